The van der Waals surface area contributed by atoms with Crippen LogP contribution in [0.4, 0.5) is 0 Å². The smallest absolute Gasteiger partial charge is 0.265 e. The van der Waals surface area contributed by atoms with Crippen LogP contribution in [0.25, 0.3) is 16.7 Å². The summed E-state index contributed by atoms with van der Waals surface area (Å²) in [6.07, 6.45) is 2.22. The van der Waals surface area contributed by atoms with E-state index in [-0.39, 0.29) is 28.8 Å². The number of hydrogen-bond donors (Lipinski definition) is 2. The third-order valence-electron chi connectivity index (χ3n) is 6.06. The maximum atomic E-state index is 13.3. The van der Waals surface area contributed by atoms with E-state index in [9.17, 15) is 18.0 Å². The number of benzene rings is 2. The molecule has 1 amide bonds. The highest BCUT2D eigenvalue weighted by molar-refractivity contribution is 7.99. The van der Waals surface area contributed by atoms with Gasteiger partial charge in [-0.05, 0) is 43.2 Å². The molecular formula is C24H24N6O4S2. The number of nitrogens with one attached hydrogen (secondary N) is 1. The van der Waals surface area contributed by atoms with Gasteiger partial charge in [0.1, 0.15) is 5.39 Å². The van der Waals surface area contributed by atoms with Gasteiger partial charge in [-0.1, -0.05) is 41.6 Å². The van der Waals surface area contributed by atoms with Crippen LogP contribution < -0.4 is 16.0 Å². The number of aromatic nitrogens is 4. The Balaban J connectivity index is 1.26. The molecule has 0 spiro atoms. The fourth-order valence-corrected chi connectivity index (χ4v) is 5.78. The Hall–Kier alpha value is -3.48. The van der Waals surface area contributed by atoms with E-state index in [0.717, 1.165) is 16.8 Å². The SMILES string of the molecule is Cc1ccc(-n2ncc3c(=O)n4c(nc32)SCC4CC(=O)NCCc2ccc(S(N)(=O)=O)cc2)cc1. The number of hydrogen-bond acceptors (Lipinski definition) is 7. The molecule has 4 aromatic rings. The lowest BCUT2D eigenvalue weighted by atomic mass is 10.1. The second-order valence-corrected chi connectivity index (χ2v) is 11.2. The molecule has 186 valence electrons. The van der Waals surface area contributed by atoms with Crippen LogP contribution in [0.5, 0.6) is 0 Å². The minimum Gasteiger partial charge on any atom is -0.356 e. The second-order valence-electron chi connectivity index (χ2n) is 8.66. The molecule has 0 saturated heterocycles. The first-order valence-corrected chi connectivity index (χ1v) is 13.8. The Bertz CT molecular complexity index is 1610. The minimum atomic E-state index is -3.73. The van der Waals surface area contributed by atoms with Gasteiger partial charge >= 0.3 is 0 Å². The molecule has 2 aromatic heterocycles. The molecule has 2 aromatic carbocycles. The quantitative estimate of drug-likeness (QED) is 0.352. The molecule has 0 bridgehead atoms. The van der Waals surface area contributed by atoms with Crippen molar-refractivity contribution < 1.29 is 13.2 Å². The summed E-state index contributed by atoms with van der Waals surface area (Å²) in [6.45, 7) is 2.39. The van der Waals surface area contributed by atoms with Crippen LogP contribution >= 0.6 is 11.8 Å². The van der Waals surface area contributed by atoms with Crippen molar-refractivity contribution in [3.63, 3.8) is 0 Å². The van der Waals surface area contributed by atoms with Crippen LogP contribution in [0.15, 0.2) is 69.6 Å². The van der Waals surface area contributed by atoms with Crippen LogP contribution in [0.2, 0.25) is 0 Å². The molecule has 1 aliphatic rings. The number of aryl methyl sites for hydroxylation is 1. The molecular weight excluding hydrogens is 500 g/mol. The predicted molar refractivity (Wildman–Crippen MR) is 137 cm³/mol. The molecule has 1 unspecified atom stereocenters. The molecule has 3 heterocycles. The Morgan fingerprint density at radius 2 is 1.89 bits per heavy atom. The second kappa shape index (κ2) is 9.52. The third kappa shape index (κ3) is 4.79. The Morgan fingerprint density at radius 1 is 1.17 bits per heavy atom. The van der Waals surface area contributed by atoms with Gasteiger partial charge in [-0.25, -0.2) is 23.2 Å². The van der Waals surface area contributed by atoms with Gasteiger partial charge in [0.2, 0.25) is 15.9 Å². The van der Waals surface area contributed by atoms with Crippen molar-refractivity contribution in [2.45, 2.75) is 35.9 Å². The lowest BCUT2D eigenvalue weighted by molar-refractivity contribution is -0.121. The standard InChI is InChI=1S/C24H24N6O4S2/c1-15-2-6-17(7-3-15)30-22-20(13-27-30)23(32)29-18(14-35-24(29)28-22)12-21(31)26-11-10-16-4-8-19(9-5-16)36(25,33)34/h2-9,13,18H,10-12,14H2,1H3,(H,26,31)(H2,25,33,34). The van der Waals surface area contributed by atoms with Gasteiger partial charge in [0.15, 0.2) is 10.8 Å². The first-order chi connectivity index (χ1) is 17.2. The zero-order valence-corrected chi connectivity index (χ0v) is 21.1. The van der Waals surface area contributed by atoms with Gasteiger partial charge in [-0.3, -0.25) is 14.2 Å². The Morgan fingerprint density at radius 3 is 2.58 bits per heavy atom. The molecule has 10 nitrogen and oxygen atoms in total. The van der Waals surface area contributed by atoms with Crippen molar-refractivity contribution in [1.82, 2.24) is 24.6 Å². The van der Waals surface area contributed by atoms with E-state index in [1.807, 2.05) is 31.2 Å². The van der Waals surface area contributed by atoms with Gasteiger partial charge in [0.25, 0.3) is 5.56 Å². The summed E-state index contributed by atoms with van der Waals surface area (Å²) in [5.41, 5.74) is 3.12. The maximum Gasteiger partial charge on any atom is 0.265 e. The highest BCUT2D eigenvalue weighted by Gasteiger charge is 2.29. The van der Waals surface area contributed by atoms with Crippen LogP contribution in [0, 0.1) is 6.92 Å². The summed E-state index contributed by atoms with van der Waals surface area (Å²) in [5.74, 6) is 0.409. The van der Waals surface area contributed by atoms with Gasteiger partial charge in [0.05, 0.1) is 22.8 Å². The van der Waals surface area contributed by atoms with Gasteiger partial charge in [-0.2, -0.15) is 5.10 Å². The highest BCUT2D eigenvalue weighted by Crippen LogP contribution is 2.33. The number of carbonyl (C=O) groups excluding carboxylic acids is 1. The first kappa shape index (κ1) is 24.2. The largest absolute Gasteiger partial charge is 0.356 e. The van der Waals surface area contributed by atoms with Crippen molar-refractivity contribution in [3.8, 4) is 5.69 Å². The van der Waals surface area contributed by atoms with E-state index in [2.05, 4.69) is 10.4 Å². The fourth-order valence-electron chi connectivity index (χ4n) is 4.13. The number of fused-ring (bicyclic) bond motifs is 2. The zero-order valence-electron chi connectivity index (χ0n) is 19.4. The lowest BCUT2D eigenvalue weighted by Gasteiger charge is -2.13. The van der Waals surface area contributed by atoms with E-state index in [1.165, 1.54) is 30.1 Å². The summed E-state index contributed by atoms with van der Waals surface area (Å²) in [4.78, 5) is 30.6. The summed E-state index contributed by atoms with van der Waals surface area (Å²) < 4.78 is 26.0. The Kier molecular flexibility index (Phi) is 6.41. The van der Waals surface area contributed by atoms with E-state index in [0.29, 0.717) is 34.9 Å². The number of rotatable bonds is 7. The first-order valence-electron chi connectivity index (χ1n) is 11.3. The summed E-state index contributed by atoms with van der Waals surface area (Å²) in [6, 6.07) is 13.8. The van der Waals surface area contributed by atoms with Crippen molar-refractivity contribution in [2.75, 3.05) is 12.3 Å². The molecule has 3 N–H and O–H groups in total. The number of primary sulfonamides is 1. The molecule has 1 atom stereocenters. The molecule has 12 heteroatoms. The molecule has 0 radical (unpaired) electrons. The average molecular weight is 525 g/mol. The normalized spacial score (nSPS) is 15.2. The summed E-state index contributed by atoms with van der Waals surface area (Å²) in [7, 11) is -3.73. The van der Waals surface area contributed by atoms with E-state index >= 15 is 0 Å². The monoisotopic (exact) mass is 524 g/mol. The summed E-state index contributed by atoms with van der Waals surface area (Å²) in [5, 5.41) is 13.4. The van der Waals surface area contributed by atoms with E-state index in [4.69, 9.17) is 10.1 Å². The topological polar surface area (TPSA) is 142 Å². The molecule has 0 fully saturated rings. The highest BCUT2D eigenvalue weighted by atomic mass is 32.2. The van der Waals surface area contributed by atoms with Crippen LogP contribution in [-0.2, 0) is 21.2 Å². The van der Waals surface area contributed by atoms with Crippen molar-refractivity contribution in [1.29, 1.82) is 0 Å². The van der Waals surface area contributed by atoms with Crippen LogP contribution in [0.1, 0.15) is 23.6 Å². The number of sulfonamides is 1. The number of nitrogens with two attached hydrogens (primary N) is 1. The zero-order chi connectivity index (χ0) is 25.4. The van der Waals surface area contributed by atoms with Crippen molar-refractivity contribution in [3.05, 3.63) is 76.2 Å². The van der Waals surface area contributed by atoms with Gasteiger partial charge in [0, 0.05) is 18.7 Å². The van der Waals surface area contributed by atoms with E-state index < -0.39 is 10.0 Å². The van der Waals surface area contributed by atoms with Crippen LogP contribution in [-0.4, -0.2) is 46.0 Å². The minimum absolute atomic E-state index is 0.0465. The van der Waals surface area contributed by atoms with Crippen molar-refractivity contribution in [2.24, 2.45) is 5.14 Å². The molecule has 0 saturated carbocycles. The van der Waals surface area contributed by atoms with Crippen molar-refractivity contribution >= 4 is 38.7 Å². The Labute approximate surface area is 211 Å². The molecule has 36 heavy (non-hydrogen) atoms. The van der Waals surface area contributed by atoms with Gasteiger partial charge < -0.3 is 5.32 Å². The summed E-state index contributed by atoms with van der Waals surface area (Å²) >= 11 is 1.45. The number of nitrogens with zero attached hydrogens (tertiary/aromatic N) is 4. The molecule has 1 aliphatic heterocycles. The average Bonchev–Trinajstić information content (AvgIpc) is 3.44. The maximum absolute atomic E-state index is 13.3. The van der Waals surface area contributed by atoms with Gasteiger partial charge in [-0.15, -0.1) is 0 Å². The predicted octanol–water partition coefficient (Wildman–Crippen LogP) is 1.93. The molecule has 5 rings (SSSR count). The molecule has 0 aliphatic carbocycles. The lowest BCUT2D eigenvalue weighted by Crippen LogP contribution is -2.31. The number of thioether (sulfide) groups is 1. The fraction of sp³-hybridized carbons (Fsp3) is 0.250. The number of amides is 1. The number of carbonyl (C=O) groups is 1. The van der Waals surface area contributed by atoms with E-state index in [1.54, 1.807) is 21.4 Å². The third-order valence-corrected chi connectivity index (χ3v) is 8.08. The van der Waals surface area contributed by atoms with Crippen LogP contribution in [0.3, 0.4) is 0 Å².